The highest BCUT2D eigenvalue weighted by molar-refractivity contribution is 7.89. The van der Waals surface area contributed by atoms with E-state index in [0.29, 0.717) is 11.6 Å². The van der Waals surface area contributed by atoms with Crippen molar-refractivity contribution in [3.63, 3.8) is 0 Å². The molecule has 0 aromatic heterocycles. The summed E-state index contributed by atoms with van der Waals surface area (Å²) in [5, 5.41) is 0.381. The molecule has 6 heteroatoms. The van der Waals surface area contributed by atoms with Gasteiger partial charge in [0, 0.05) is 11.6 Å². The minimum Gasteiger partial charge on any atom is -0.291 e. The predicted octanol–water partition coefficient (Wildman–Crippen LogP) is 2.75. The first-order chi connectivity index (χ1) is 11.5. The fourth-order valence-corrected chi connectivity index (χ4v) is 3.28. The lowest BCUT2D eigenvalue weighted by molar-refractivity contribution is 0.369. The van der Waals surface area contributed by atoms with Crippen LogP contribution < -0.4 is 4.72 Å². The Labute approximate surface area is 148 Å². The van der Waals surface area contributed by atoms with Crippen molar-refractivity contribution in [1.82, 2.24) is 9.62 Å². The van der Waals surface area contributed by atoms with Gasteiger partial charge in [0.15, 0.2) is 0 Å². The summed E-state index contributed by atoms with van der Waals surface area (Å²) in [5.74, 6) is 5.79. The normalized spacial score (nSPS) is 11.1. The molecule has 0 heterocycles. The molecule has 1 N–H and O–H groups in total. The second kappa shape index (κ2) is 8.86. The molecule has 2 aromatic carbocycles. The highest BCUT2D eigenvalue weighted by Gasteiger charge is 2.12. The van der Waals surface area contributed by atoms with E-state index in [-0.39, 0.29) is 11.4 Å². The molecule has 0 unspecified atom stereocenters. The van der Waals surface area contributed by atoms with E-state index < -0.39 is 10.0 Å². The molecule has 0 saturated carbocycles. The molecule has 126 valence electrons. The third-order valence-electron chi connectivity index (χ3n) is 3.23. The Morgan fingerprint density at radius 2 is 1.83 bits per heavy atom. The lowest BCUT2D eigenvalue weighted by Gasteiger charge is -2.12. The van der Waals surface area contributed by atoms with Crippen LogP contribution in [0.2, 0.25) is 5.02 Å². The summed E-state index contributed by atoms with van der Waals surface area (Å²) in [4.78, 5) is 2.20. The molecule has 0 saturated heterocycles. The zero-order chi connectivity index (χ0) is 17.4. The molecule has 0 aliphatic carbocycles. The van der Waals surface area contributed by atoms with Gasteiger partial charge in [-0.2, -0.15) is 4.72 Å². The summed E-state index contributed by atoms with van der Waals surface area (Å²) in [6, 6.07) is 16.2. The molecule has 4 nitrogen and oxygen atoms in total. The van der Waals surface area contributed by atoms with E-state index in [9.17, 15) is 8.42 Å². The van der Waals surface area contributed by atoms with Crippen LogP contribution in [0, 0.1) is 11.8 Å². The maximum atomic E-state index is 12.1. The highest BCUT2D eigenvalue weighted by Crippen LogP contribution is 2.14. The Morgan fingerprint density at radius 1 is 1.08 bits per heavy atom. The minimum atomic E-state index is -3.58. The van der Waals surface area contributed by atoms with Crippen LogP contribution in [-0.4, -0.2) is 33.5 Å². The summed E-state index contributed by atoms with van der Waals surface area (Å²) in [6.45, 7) is 1.42. The van der Waals surface area contributed by atoms with Gasteiger partial charge in [0.2, 0.25) is 10.0 Å². The molecule has 24 heavy (non-hydrogen) atoms. The molecule has 0 amide bonds. The summed E-state index contributed by atoms with van der Waals surface area (Å²) in [5.41, 5.74) is 1.21. The largest absolute Gasteiger partial charge is 0.291 e. The summed E-state index contributed by atoms with van der Waals surface area (Å²) >= 11 is 5.81. The molecule has 0 fully saturated rings. The second-order valence-corrected chi connectivity index (χ2v) is 7.50. The van der Waals surface area contributed by atoms with E-state index in [2.05, 4.69) is 33.6 Å². The average molecular weight is 363 g/mol. The maximum absolute atomic E-state index is 12.1. The quantitative estimate of drug-likeness (QED) is 0.804. The van der Waals surface area contributed by atoms with Crippen LogP contribution >= 0.6 is 11.6 Å². The molecule has 0 aliphatic rings. The monoisotopic (exact) mass is 362 g/mol. The van der Waals surface area contributed by atoms with Crippen molar-refractivity contribution >= 4 is 21.6 Å². The third kappa shape index (κ3) is 5.99. The number of hydrogen-bond acceptors (Lipinski definition) is 3. The predicted molar refractivity (Wildman–Crippen MR) is 97.2 cm³/mol. The van der Waals surface area contributed by atoms with E-state index in [4.69, 9.17) is 11.6 Å². The van der Waals surface area contributed by atoms with E-state index in [1.165, 1.54) is 17.7 Å². The third-order valence-corrected chi connectivity index (χ3v) is 4.86. The van der Waals surface area contributed by atoms with Crippen molar-refractivity contribution in [2.24, 2.45) is 0 Å². The molecule has 2 aromatic rings. The maximum Gasteiger partial charge on any atom is 0.241 e. The van der Waals surface area contributed by atoms with Gasteiger partial charge < -0.3 is 0 Å². The number of rotatable bonds is 6. The Morgan fingerprint density at radius 3 is 2.54 bits per heavy atom. The molecule has 0 spiro atoms. The fraction of sp³-hybridized carbons (Fsp3) is 0.222. The Balaban J connectivity index is 1.81. The van der Waals surface area contributed by atoms with Gasteiger partial charge in [0.25, 0.3) is 0 Å². The lowest BCUT2D eigenvalue weighted by atomic mass is 10.2. The topological polar surface area (TPSA) is 49.4 Å². The lowest BCUT2D eigenvalue weighted by Crippen LogP contribution is -2.24. The smallest absolute Gasteiger partial charge is 0.241 e. The van der Waals surface area contributed by atoms with Gasteiger partial charge in [-0.15, -0.1) is 0 Å². The first-order valence-corrected chi connectivity index (χ1v) is 9.27. The number of benzene rings is 2. The van der Waals surface area contributed by atoms with Gasteiger partial charge >= 0.3 is 0 Å². The molecule has 0 atom stereocenters. The number of nitrogens with one attached hydrogen (secondary N) is 1. The summed E-state index contributed by atoms with van der Waals surface area (Å²) < 4.78 is 26.6. The zero-order valence-corrected chi connectivity index (χ0v) is 14.9. The Kier molecular flexibility index (Phi) is 6.83. The SMILES string of the molecule is CN(CC#CCNS(=O)(=O)c1cccc(Cl)c1)Cc1ccccc1. The van der Waals surface area contributed by atoms with Crippen LogP contribution in [0.5, 0.6) is 0 Å². The zero-order valence-electron chi connectivity index (χ0n) is 13.4. The van der Waals surface area contributed by atoms with Gasteiger partial charge in [0.1, 0.15) is 0 Å². The number of halogens is 1. The van der Waals surface area contributed by atoms with Gasteiger partial charge in [0.05, 0.1) is 18.0 Å². The minimum absolute atomic E-state index is 0.0635. The van der Waals surface area contributed by atoms with Gasteiger partial charge in [-0.3, -0.25) is 4.90 Å². The van der Waals surface area contributed by atoms with Crippen molar-refractivity contribution in [3.05, 3.63) is 65.2 Å². The number of sulfonamides is 1. The van der Waals surface area contributed by atoms with Crippen LogP contribution in [0.1, 0.15) is 5.56 Å². The number of hydrogen-bond donors (Lipinski definition) is 1. The van der Waals surface area contributed by atoms with Gasteiger partial charge in [-0.05, 0) is 30.8 Å². The van der Waals surface area contributed by atoms with E-state index in [1.54, 1.807) is 12.1 Å². The van der Waals surface area contributed by atoms with Crippen molar-refractivity contribution in [3.8, 4) is 11.8 Å². The fourth-order valence-electron chi connectivity index (χ4n) is 2.05. The van der Waals surface area contributed by atoms with Crippen molar-refractivity contribution in [2.75, 3.05) is 20.1 Å². The Hall–Kier alpha value is -1.84. The summed E-state index contributed by atoms with van der Waals surface area (Å²) in [7, 11) is -1.61. The molecule has 0 radical (unpaired) electrons. The van der Waals surface area contributed by atoms with E-state index in [1.807, 2.05) is 25.2 Å². The van der Waals surface area contributed by atoms with Crippen LogP contribution in [0.15, 0.2) is 59.5 Å². The first kappa shape index (κ1) is 18.5. The van der Waals surface area contributed by atoms with Crippen LogP contribution in [-0.2, 0) is 16.6 Å². The van der Waals surface area contributed by atoms with Crippen molar-refractivity contribution in [1.29, 1.82) is 0 Å². The van der Waals surface area contributed by atoms with E-state index >= 15 is 0 Å². The second-order valence-electron chi connectivity index (χ2n) is 5.29. The van der Waals surface area contributed by atoms with Gasteiger partial charge in [-0.25, -0.2) is 8.42 Å². The van der Waals surface area contributed by atoms with Crippen LogP contribution in [0.3, 0.4) is 0 Å². The first-order valence-electron chi connectivity index (χ1n) is 7.41. The molecule has 0 aliphatic heterocycles. The number of nitrogens with zero attached hydrogens (tertiary/aromatic N) is 1. The summed E-state index contributed by atoms with van der Waals surface area (Å²) in [6.07, 6.45) is 0. The van der Waals surface area contributed by atoms with Crippen LogP contribution in [0.25, 0.3) is 0 Å². The van der Waals surface area contributed by atoms with Crippen molar-refractivity contribution < 1.29 is 8.42 Å². The van der Waals surface area contributed by atoms with Crippen LogP contribution in [0.4, 0.5) is 0 Å². The standard InChI is InChI=1S/C18H19ClN2O2S/c1-21(15-16-8-3-2-4-9-16)13-6-5-12-20-24(22,23)18-11-7-10-17(19)14-18/h2-4,7-11,14,20H,12-13,15H2,1H3. The molecule has 2 rings (SSSR count). The van der Waals surface area contributed by atoms with E-state index in [0.717, 1.165) is 6.54 Å². The Bertz CT molecular complexity index is 827. The van der Waals surface area contributed by atoms with Gasteiger partial charge in [-0.1, -0.05) is 59.8 Å². The van der Waals surface area contributed by atoms with Crippen molar-refractivity contribution in [2.45, 2.75) is 11.4 Å². The molecule has 0 bridgehead atoms. The average Bonchev–Trinajstić information content (AvgIpc) is 2.55. The molecular weight excluding hydrogens is 344 g/mol. The molecular formula is C18H19ClN2O2S. The highest BCUT2D eigenvalue weighted by atomic mass is 35.5.